The molecule has 25 heavy (non-hydrogen) atoms. The zero-order chi connectivity index (χ0) is 18.6. The molecule has 0 radical (unpaired) electrons. The molecule has 0 bridgehead atoms. The molecule has 1 aromatic rings. The molecule has 1 aromatic carbocycles. The Bertz CT molecular complexity index is 747. The van der Waals surface area contributed by atoms with Crippen molar-refractivity contribution in [3.05, 3.63) is 29.8 Å². The first-order valence-corrected chi connectivity index (χ1v) is 9.87. The van der Waals surface area contributed by atoms with Crippen molar-refractivity contribution < 1.29 is 23.1 Å². The molecule has 0 saturated carbocycles. The molecule has 1 amide bonds. The Morgan fingerprint density at radius 1 is 1.36 bits per heavy atom. The Balaban J connectivity index is 2.26. The maximum atomic E-state index is 12.9. The normalized spacial score (nSPS) is 20.0. The largest absolute Gasteiger partial charge is 0.480 e. The van der Waals surface area contributed by atoms with Crippen molar-refractivity contribution >= 4 is 21.9 Å². The first kappa shape index (κ1) is 19.4. The van der Waals surface area contributed by atoms with Gasteiger partial charge in [0.25, 0.3) is 5.91 Å². The highest BCUT2D eigenvalue weighted by atomic mass is 32.2. The van der Waals surface area contributed by atoms with Crippen molar-refractivity contribution in [3.8, 4) is 0 Å². The van der Waals surface area contributed by atoms with Gasteiger partial charge in [0.05, 0.1) is 4.90 Å². The summed E-state index contributed by atoms with van der Waals surface area (Å²) >= 11 is 0. The molecule has 2 unspecified atom stereocenters. The third-order valence-corrected chi connectivity index (χ3v) is 6.47. The fourth-order valence-corrected chi connectivity index (χ4v) is 4.69. The van der Waals surface area contributed by atoms with E-state index in [0.29, 0.717) is 6.54 Å². The van der Waals surface area contributed by atoms with Gasteiger partial charge in [-0.05, 0) is 44.4 Å². The van der Waals surface area contributed by atoms with Crippen LogP contribution in [0.3, 0.4) is 0 Å². The number of amides is 1. The number of carboxylic acid groups (broad SMARTS) is 1. The van der Waals surface area contributed by atoms with Crippen LogP contribution >= 0.6 is 0 Å². The number of nitrogens with zero attached hydrogens (tertiary/aromatic N) is 1. The Morgan fingerprint density at radius 3 is 2.68 bits per heavy atom. The van der Waals surface area contributed by atoms with Crippen molar-refractivity contribution in [2.24, 2.45) is 0 Å². The van der Waals surface area contributed by atoms with E-state index < -0.39 is 27.9 Å². The minimum Gasteiger partial charge on any atom is -0.480 e. The summed E-state index contributed by atoms with van der Waals surface area (Å²) in [4.78, 5) is 23.4. The molecule has 8 heteroatoms. The third-order valence-electron chi connectivity index (χ3n) is 4.46. The summed E-state index contributed by atoms with van der Waals surface area (Å²) in [7, 11) is -3.68. The van der Waals surface area contributed by atoms with Crippen LogP contribution in [0.4, 0.5) is 0 Å². The van der Waals surface area contributed by atoms with E-state index in [1.54, 1.807) is 6.92 Å². The quantitative estimate of drug-likeness (QED) is 0.797. The lowest BCUT2D eigenvalue weighted by atomic mass is 10.1. The van der Waals surface area contributed by atoms with Gasteiger partial charge in [-0.3, -0.25) is 4.79 Å². The third kappa shape index (κ3) is 4.38. The van der Waals surface area contributed by atoms with Crippen LogP contribution < -0.4 is 5.32 Å². The lowest BCUT2D eigenvalue weighted by Crippen LogP contribution is -2.42. The topological polar surface area (TPSA) is 104 Å². The minimum absolute atomic E-state index is 0.0530. The summed E-state index contributed by atoms with van der Waals surface area (Å²) in [5.41, 5.74) is 0.130. The molecule has 1 aliphatic rings. The highest BCUT2D eigenvalue weighted by molar-refractivity contribution is 7.89. The van der Waals surface area contributed by atoms with Crippen molar-refractivity contribution in [2.45, 2.75) is 56.5 Å². The van der Waals surface area contributed by atoms with Gasteiger partial charge in [-0.15, -0.1) is 0 Å². The summed E-state index contributed by atoms with van der Waals surface area (Å²) in [6.07, 6.45) is 2.88. The van der Waals surface area contributed by atoms with Crippen LogP contribution in [0.25, 0.3) is 0 Å². The van der Waals surface area contributed by atoms with E-state index in [4.69, 9.17) is 5.11 Å². The fraction of sp³-hybridized carbons (Fsp3) is 0.529. The molecule has 2 rings (SSSR count). The standard InChI is InChI=1S/C17H24N2O5S/c1-3-15(17(21)22)18-16(20)13-8-6-9-14(11-13)25(23,24)19-10-5-4-7-12(19)2/h6,8-9,11-12,15H,3-5,7,10H2,1-2H3,(H,18,20)(H,21,22). The number of carbonyl (C=O) groups is 2. The molecule has 7 nitrogen and oxygen atoms in total. The van der Waals surface area contributed by atoms with Gasteiger partial charge < -0.3 is 10.4 Å². The fourth-order valence-electron chi connectivity index (χ4n) is 2.94. The average molecular weight is 368 g/mol. The maximum absolute atomic E-state index is 12.9. The van der Waals surface area contributed by atoms with Crippen LogP contribution in [0.2, 0.25) is 0 Å². The van der Waals surface area contributed by atoms with Crippen molar-refractivity contribution in [2.75, 3.05) is 6.54 Å². The lowest BCUT2D eigenvalue weighted by molar-refractivity contribution is -0.139. The first-order chi connectivity index (χ1) is 11.8. The highest BCUT2D eigenvalue weighted by Gasteiger charge is 2.31. The Hall–Kier alpha value is -1.93. The Kier molecular flexibility index (Phi) is 6.18. The molecule has 1 heterocycles. The van der Waals surface area contributed by atoms with E-state index in [1.165, 1.54) is 28.6 Å². The van der Waals surface area contributed by atoms with Gasteiger partial charge in [0.15, 0.2) is 0 Å². The van der Waals surface area contributed by atoms with E-state index in [2.05, 4.69) is 5.32 Å². The molecule has 2 atom stereocenters. The summed E-state index contributed by atoms with van der Waals surface area (Å²) in [5.74, 6) is -1.72. The first-order valence-electron chi connectivity index (χ1n) is 8.43. The highest BCUT2D eigenvalue weighted by Crippen LogP contribution is 2.25. The van der Waals surface area contributed by atoms with Crippen molar-refractivity contribution in [1.29, 1.82) is 0 Å². The Morgan fingerprint density at radius 2 is 2.08 bits per heavy atom. The molecular weight excluding hydrogens is 344 g/mol. The molecule has 0 aliphatic carbocycles. The van der Waals surface area contributed by atoms with Gasteiger partial charge in [0, 0.05) is 18.2 Å². The number of carboxylic acids is 1. The van der Waals surface area contributed by atoms with E-state index >= 15 is 0 Å². The number of aliphatic carboxylic acids is 1. The zero-order valence-corrected chi connectivity index (χ0v) is 15.3. The van der Waals surface area contributed by atoms with Crippen LogP contribution in [0.5, 0.6) is 0 Å². The molecule has 0 spiro atoms. The zero-order valence-electron chi connectivity index (χ0n) is 14.4. The van der Waals surface area contributed by atoms with E-state index in [-0.39, 0.29) is 22.9 Å². The van der Waals surface area contributed by atoms with Crippen LogP contribution in [-0.2, 0) is 14.8 Å². The van der Waals surface area contributed by atoms with Crippen LogP contribution in [-0.4, -0.2) is 48.3 Å². The monoisotopic (exact) mass is 368 g/mol. The SMILES string of the molecule is CCC(NC(=O)c1cccc(S(=O)(=O)N2CCCCC2C)c1)C(=O)O. The summed E-state index contributed by atoms with van der Waals surface area (Å²) in [5, 5.41) is 11.4. The minimum atomic E-state index is -3.68. The smallest absolute Gasteiger partial charge is 0.326 e. The molecule has 1 fully saturated rings. The molecule has 1 saturated heterocycles. The summed E-state index contributed by atoms with van der Waals surface area (Å²) in [6, 6.07) is 4.66. The maximum Gasteiger partial charge on any atom is 0.326 e. The number of nitrogens with one attached hydrogen (secondary N) is 1. The van der Waals surface area contributed by atoms with Gasteiger partial charge >= 0.3 is 5.97 Å². The van der Waals surface area contributed by atoms with E-state index in [1.807, 2.05) is 6.92 Å². The average Bonchev–Trinajstić information content (AvgIpc) is 2.59. The number of sulfonamides is 1. The lowest BCUT2D eigenvalue weighted by Gasteiger charge is -2.32. The van der Waals surface area contributed by atoms with Gasteiger partial charge in [0.1, 0.15) is 6.04 Å². The van der Waals surface area contributed by atoms with Crippen molar-refractivity contribution in [1.82, 2.24) is 9.62 Å². The predicted octanol–water partition coefficient (Wildman–Crippen LogP) is 1.84. The number of piperidine rings is 1. The van der Waals surface area contributed by atoms with E-state index in [9.17, 15) is 18.0 Å². The molecular formula is C17H24N2O5S. The van der Waals surface area contributed by atoms with Crippen molar-refractivity contribution in [3.63, 3.8) is 0 Å². The van der Waals surface area contributed by atoms with Crippen LogP contribution in [0.15, 0.2) is 29.2 Å². The number of hydrogen-bond acceptors (Lipinski definition) is 4. The Labute approximate surface area is 148 Å². The van der Waals surface area contributed by atoms with Gasteiger partial charge in [0.2, 0.25) is 10.0 Å². The molecule has 0 aromatic heterocycles. The number of rotatable bonds is 6. The molecule has 138 valence electrons. The summed E-state index contributed by atoms with van der Waals surface area (Å²) in [6.45, 7) is 4.00. The number of carbonyl (C=O) groups excluding carboxylic acids is 1. The van der Waals surface area contributed by atoms with E-state index in [0.717, 1.165) is 19.3 Å². The predicted molar refractivity (Wildman–Crippen MR) is 92.8 cm³/mol. The summed E-state index contributed by atoms with van der Waals surface area (Å²) < 4.78 is 27.2. The number of benzene rings is 1. The van der Waals surface area contributed by atoms with Crippen LogP contribution in [0, 0.1) is 0 Å². The second kappa shape index (κ2) is 7.97. The van der Waals surface area contributed by atoms with Crippen LogP contribution in [0.1, 0.15) is 49.9 Å². The second-order valence-corrected chi connectivity index (χ2v) is 8.15. The number of hydrogen-bond donors (Lipinski definition) is 2. The van der Waals surface area contributed by atoms with Gasteiger partial charge in [-0.2, -0.15) is 4.31 Å². The van der Waals surface area contributed by atoms with Gasteiger partial charge in [-0.1, -0.05) is 19.4 Å². The molecule has 2 N–H and O–H groups in total. The molecule has 1 aliphatic heterocycles. The van der Waals surface area contributed by atoms with Gasteiger partial charge in [-0.25, -0.2) is 13.2 Å². The second-order valence-electron chi connectivity index (χ2n) is 6.26.